The van der Waals surface area contributed by atoms with Gasteiger partial charge in [-0.05, 0) is 18.9 Å². The zero-order valence-corrected chi connectivity index (χ0v) is 10.0. The van der Waals surface area contributed by atoms with Crippen molar-refractivity contribution in [3.63, 3.8) is 0 Å². The number of nitrogens with zero attached hydrogens (tertiary/aromatic N) is 2. The fourth-order valence-corrected chi connectivity index (χ4v) is 1.19. The summed E-state index contributed by atoms with van der Waals surface area (Å²) in [7, 11) is 0. The minimum Gasteiger partial charge on any atom is -0.490 e. The zero-order valence-electron chi connectivity index (χ0n) is 10.0. The Bertz CT molecular complexity index is 463. The molecule has 1 atom stereocenters. The van der Waals surface area contributed by atoms with Gasteiger partial charge < -0.3 is 4.74 Å². The van der Waals surface area contributed by atoms with Gasteiger partial charge in [-0.25, -0.2) is 0 Å². The van der Waals surface area contributed by atoms with Crippen LogP contribution in [0.1, 0.15) is 26.3 Å². The van der Waals surface area contributed by atoms with Crippen molar-refractivity contribution in [2.45, 2.75) is 26.9 Å². The Kier molecular flexibility index (Phi) is 4.05. The van der Waals surface area contributed by atoms with Crippen molar-refractivity contribution in [2.75, 3.05) is 0 Å². The summed E-state index contributed by atoms with van der Waals surface area (Å²) in [4.78, 5) is 10.1. The number of nitro benzene ring substituents is 1. The molecule has 1 unspecified atom stereocenters. The average Bonchev–Trinajstić information content (AvgIpc) is 2.28. The number of hydrogen-bond donors (Lipinski definition) is 0. The molecule has 90 valence electrons. The molecule has 0 aliphatic rings. The van der Waals surface area contributed by atoms with Crippen LogP contribution in [0.25, 0.3) is 0 Å². The SMILES string of the molecule is CC(C)C(C)Oc1ccc([N+](=O)[O-])c(C#N)c1. The normalized spacial score (nSPS) is 11.9. The second kappa shape index (κ2) is 5.30. The molecule has 0 aromatic heterocycles. The number of nitriles is 1. The second-order valence-corrected chi connectivity index (χ2v) is 4.11. The summed E-state index contributed by atoms with van der Waals surface area (Å²) in [6, 6.07) is 6.00. The van der Waals surface area contributed by atoms with E-state index in [9.17, 15) is 10.1 Å². The fourth-order valence-electron chi connectivity index (χ4n) is 1.19. The number of ether oxygens (including phenoxy) is 1. The maximum Gasteiger partial charge on any atom is 0.287 e. The third-order valence-electron chi connectivity index (χ3n) is 2.55. The predicted octanol–water partition coefficient (Wildman–Crippen LogP) is 2.89. The highest BCUT2D eigenvalue weighted by molar-refractivity contribution is 5.52. The van der Waals surface area contributed by atoms with Crippen LogP contribution in [0.4, 0.5) is 5.69 Å². The molecular formula is C12H14N2O3. The number of rotatable bonds is 4. The van der Waals surface area contributed by atoms with Gasteiger partial charge in [-0.1, -0.05) is 13.8 Å². The lowest BCUT2D eigenvalue weighted by molar-refractivity contribution is -0.385. The Balaban J connectivity index is 2.99. The molecule has 0 bridgehead atoms. The Hall–Kier alpha value is -2.09. The maximum atomic E-state index is 10.6. The fraction of sp³-hybridized carbons (Fsp3) is 0.417. The van der Waals surface area contributed by atoms with Crippen LogP contribution in [-0.2, 0) is 0 Å². The van der Waals surface area contributed by atoms with Crippen LogP contribution in [0.2, 0.25) is 0 Å². The van der Waals surface area contributed by atoms with Crippen molar-refractivity contribution in [3.05, 3.63) is 33.9 Å². The van der Waals surface area contributed by atoms with Gasteiger partial charge in [-0.3, -0.25) is 10.1 Å². The maximum absolute atomic E-state index is 10.6. The largest absolute Gasteiger partial charge is 0.490 e. The summed E-state index contributed by atoms with van der Waals surface area (Å²) in [5, 5.41) is 19.5. The number of hydrogen-bond acceptors (Lipinski definition) is 4. The summed E-state index contributed by atoms with van der Waals surface area (Å²) >= 11 is 0. The minimum atomic E-state index is -0.575. The van der Waals surface area contributed by atoms with Crippen molar-refractivity contribution in [1.82, 2.24) is 0 Å². The Morgan fingerprint density at radius 1 is 1.41 bits per heavy atom. The second-order valence-electron chi connectivity index (χ2n) is 4.11. The summed E-state index contributed by atoms with van der Waals surface area (Å²) in [6.07, 6.45) is -0.0111. The highest BCUT2D eigenvalue weighted by Gasteiger charge is 2.16. The summed E-state index contributed by atoms with van der Waals surface area (Å²) in [5.74, 6) is 0.809. The van der Waals surface area contributed by atoms with Gasteiger partial charge >= 0.3 is 0 Å². The van der Waals surface area contributed by atoms with Crippen LogP contribution in [0.5, 0.6) is 5.75 Å². The molecule has 0 N–H and O–H groups in total. The average molecular weight is 234 g/mol. The molecule has 17 heavy (non-hydrogen) atoms. The van der Waals surface area contributed by atoms with E-state index in [1.165, 1.54) is 18.2 Å². The Labute approximate surface area is 99.8 Å². The third-order valence-corrected chi connectivity index (χ3v) is 2.55. The van der Waals surface area contributed by atoms with Crippen LogP contribution < -0.4 is 4.74 Å². The standard InChI is InChI=1S/C12H14N2O3/c1-8(2)9(3)17-11-4-5-12(14(15)16)10(6-11)7-13/h4-6,8-9H,1-3H3. The van der Waals surface area contributed by atoms with Gasteiger partial charge in [0.2, 0.25) is 0 Å². The first-order valence-electron chi connectivity index (χ1n) is 5.31. The van der Waals surface area contributed by atoms with Crippen LogP contribution >= 0.6 is 0 Å². The van der Waals surface area contributed by atoms with Crippen molar-refractivity contribution in [2.24, 2.45) is 5.92 Å². The van der Waals surface area contributed by atoms with Gasteiger partial charge in [0.05, 0.1) is 11.0 Å². The van der Waals surface area contributed by atoms with E-state index in [-0.39, 0.29) is 17.4 Å². The molecular weight excluding hydrogens is 220 g/mol. The lowest BCUT2D eigenvalue weighted by atomic mass is 10.1. The zero-order chi connectivity index (χ0) is 13.0. The van der Waals surface area contributed by atoms with Gasteiger partial charge in [0.1, 0.15) is 17.4 Å². The minimum absolute atomic E-state index is 0.0111. The highest BCUT2D eigenvalue weighted by atomic mass is 16.6. The number of benzene rings is 1. The lowest BCUT2D eigenvalue weighted by Crippen LogP contribution is -2.18. The lowest BCUT2D eigenvalue weighted by Gasteiger charge is -2.17. The van der Waals surface area contributed by atoms with Crippen LogP contribution in [0.3, 0.4) is 0 Å². The quantitative estimate of drug-likeness (QED) is 0.592. The van der Waals surface area contributed by atoms with Gasteiger partial charge in [-0.2, -0.15) is 5.26 Å². The molecule has 1 rings (SSSR count). The monoisotopic (exact) mass is 234 g/mol. The predicted molar refractivity (Wildman–Crippen MR) is 62.7 cm³/mol. The van der Waals surface area contributed by atoms with Crippen molar-refractivity contribution < 1.29 is 9.66 Å². The van der Waals surface area contributed by atoms with E-state index in [0.717, 1.165) is 0 Å². The first-order chi connectivity index (χ1) is 7.95. The summed E-state index contributed by atoms with van der Waals surface area (Å²) < 4.78 is 5.58. The summed E-state index contributed by atoms with van der Waals surface area (Å²) in [5.41, 5.74) is -0.180. The van der Waals surface area contributed by atoms with E-state index in [1.54, 1.807) is 6.07 Å². The van der Waals surface area contributed by atoms with Gasteiger partial charge in [0, 0.05) is 12.1 Å². The topological polar surface area (TPSA) is 76.2 Å². The first-order valence-corrected chi connectivity index (χ1v) is 5.31. The van der Waals surface area contributed by atoms with Crippen LogP contribution in [0.15, 0.2) is 18.2 Å². The molecule has 1 aromatic rings. The smallest absolute Gasteiger partial charge is 0.287 e. The van der Waals surface area contributed by atoms with Gasteiger partial charge in [0.25, 0.3) is 5.69 Å². The summed E-state index contributed by atoms with van der Waals surface area (Å²) in [6.45, 7) is 5.95. The molecule has 0 aliphatic carbocycles. The van der Waals surface area contributed by atoms with Crippen molar-refractivity contribution >= 4 is 5.69 Å². The molecule has 0 saturated heterocycles. The molecule has 5 heteroatoms. The van der Waals surface area contributed by atoms with E-state index >= 15 is 0 Å². The molecule has 0 fully saturated rings. The van der Waals surface area contributed by atoms with Crippen molar-refractivity contribution in [1.29, 1.82) is 5.26 Å². The van der Waals surface area contributed by atoms with Gasteiger partial charge in [0.15, 0.2) is 0 Å². The van der Waals surface area contributed by atoms with E-state index in [2.05, 4.69) is 0 Å². The third kappa shape index (κ3) is 3.18. The van der Waals surface area contributed by atoms with Crippen LogP contribution in [-0.4, -0.2) is 11.0 Å². The van der Waals surface area contributed by atoms with Gasteiger partial charge in [-0.15, -0.1) is 0 Å². The van der Waals surface area contributed by atoms with E-state index in [1.807, 2.05) is 20.8 Å². The van der Waals surface area contributed by atoms with E-state index in [4.69, 9.17) is 10.00 Å². The first kappa shape index (κ1) is 13.0. The molecule has 0 heterocycles. The van der Waals surface area contributed by atoms with E-state index < -0.39 is 4.92 Å². The highest BCUT2D eigenvalue weighted by Crippen LogP contribution is 2.24. The van der Waals surface area contributed by atoms with E-state index in [0.29, 0.717) is 11.7 Å². The molecule has 0 radical (unpaired) electrons. The Morgan fingerprint density at radius 3 is 2.53 bits per heavy atom. The molecule has 0 saturated carbocycles. The molecule has 1 aromatic carbocycles. The molecule has 5 nitrogen and oxygen atoms in total. The molecule has 0 spiro atoms. The van der Waals surface area contributed by atoms with Crippen molar-refractivity contribution in [3.8, 4) is 11.8 Å². The molecule has 0 aliphatic heterocycles. The van der Waals surface area contributed by atoms with Crippen LogP contribution in [0, 0.1) is 27.4 Å². The molecule has 0 amide bonds. The number of nitro groups is 1. The Morgan fingerprint density at radius 2 is 2.06 bits per heavy atom.